The fraction of sp³-hybridized carbons (Fsp3) is 0.381. The van der Waals surface area contributed by atoms with Gasteiger partial charge in [0.25, 0.3) is 5.91 Å². The van der Waals surface area contributed by atoms with E-state index in [-0.39, 0.29) is 5.91 Å². The maximum absolute atomic E-state index is 12.5. The highest BCUT2D eigenvalue weighted by atomic mass is 32.1. The molecule has 0 aliphatic carbocycles. The number of rotatable bonds is 4. The van der Waals surface area contributed by atoms with E-state index in [2.05, 4.69) is 10.6 Å². The molecule has 0 radical (unpaired) electrons. The first-order valence-corrected chi connectivity index (χ1v) is 11.0. The van der Waals surface area contributed by atoms with E-state index in [4.69, 9.17) is 9.47 Å². The Hall–Kier alpha value is -3.11. The SMILES string of the molecule is CC(C(=O)NC(=O)Nc1ccc2c(c1)OCCO2)N1CCN(C(=O)c2cccs2)CC1. The molecular weight excluding hydrogens is 420 g/mol. The Morgan fingerprint density at radius 1 is 1.03 bits per heavy atom. The van der Waals surface area contributed by atoms with E-state index < -0.39 is 18.0 Å². The molecule has 2 N–H and O–H groups in total. The van der Waals surface area contributed by atoms with Crippen molar-refractivity contribution in [3.63, 3.8) is 0 Å². The molecule has 2 aliphatic heterocycles. The Labute approximate surface area is 183 Å². The van der Waals surface area contributed by atoms with Crippen LogP contribution in [-0.4, -0.2) is 73.1 Å². The normalized spacial score (nSPS) is 17.0. The van der Waals surface area contributed by atoms with Crippen molar-refractivity contribution in [3.05, 3.63) is 40.6 Å². The van der Waals surface area contributed by atoms with E-state index in [1.54, 1.807) is 30.0 Å². The highest BCUT2D eigenvalue weighted by molar-refractivity contribution is 7.12. The Kier molecular flexibility index (Phi) is 6.38. The van der Waals surface area contributed by atoms with E-state index >= 15 is 0 Å². The molecule has 4 rings (SSSR count). The number of piperazine rings is 1. The van der Waals surface area contributed by atoms with Crippen LogP contribution in [0, 0.1) is 0 Å². The molecule has 4 amide bonds. The van der Waals surface area contributed by atoms with Crippen LogP contribution in [-0.2, 0) is 4.79 Å². The lowest BCUT2D eigenvalue weighted by molar-refractivity contribution is -0.125. The standard InChI is InChI=1S/C21H24N4O5S/c1-14(24-6-8-25(9-7-24)20(27)18-3-2-12-31-18)19(26)23-21(28)22-15-4-5-16-17(13-15)30-11-10-29-16/h2-5,12-14H,6-11H2,1H3,(H2,22,23,26,28). The van der Waals surface area contributed by atoms with Crippen LogP contribution in [0.3, 0.4) is 0 Å². The number of carbonyl (C=O) groups excluding carboxylic acids is 3. The summed E-state index contributed by atoms with van der Waals surface area (Å²) in [5.41, 5.74) is 0.503. The molecule has 1 unspecified atom stereocenters. The first-order chi connectivity index (χ1) is 15.0. The summed E-state index contributed by atoms with van der Waals surface area (Å²) in [4.78, 5) is 41.7. The average Bonchev–Trinajstić information content (AvgIpc) is 3.33. The van der Waals surface area contributed by atoms with E-state index in [0.717, 1.165) is 4.88 Å². The van der Waals surface area contributed by atoms with Gasteiger partial charge in [0.15, 0.2) is 11.5 Å². The number of hydrogen-bond donors (Lipinski definition) is 2. The molecule has 1 fully saturated rings. The fourth-order valence-electron chi connectivity index (χ4n) is 3.53. The van der Waals surface area contributed by atoms with Gasteiger partial charge in [-0.1, -0.05) is 6.07 Å². The molecule has 3 heterocycles. The first-order valence-electron chi connectivity index (χ1n) is 10.1. The Bertz CT molecular complexity index is 957. The topological polar surface area (TPSA) is 100 Å². The van der Waals surface area contributed by atoms with Gasteiger partial charge in [0.1, 0.15) is 13.2 Å². The van der Waals surface area contributed by atoms with Gasteiger partial charge in [-0.15, -0.1) is 11.3 Å². The van der Waals surface area contributed by atoms with Crippen LogP contribution in [0.1, 0.15) is 16.6 Å². The molecule has 1 atom stereocenters. The molecule has 2 aromatic rings. The quantitative estimate of drug-likeness (QED) is 0.748. The van der Waals surface area contributed by atoms with Gasteiger partial charge in [-0.3, -0.25) is 19.8 Å². The summed E-state index contributed by atoms with van der Waals surface area (Å²) in [7, 11) is 0. The monoisotopic (exact) mass is 444 g/mol. The van der Waals surface area contributed by atoms with Crippen LogP contribution in [0.4, 0.5) is 10.5 Å². The number of nitrogens with zero attached hydrogens (tertiary/aromatic N) is 2. The number of thiophene rings is 1. The van der Waals surface area contributed by atoms with E-state index in [0.29, 0.717) is 56.6 Å². The minimum absolute atomic E-state index is 0.0190. The minimum atomic E-state index is -0.611. The summed E-state index contributed by atoms with van der Waals surface area (Å²) in [6.07, 6.45) is 0. The second-order valence-electron chi connectivity index (χ2n) is 7.28. The summed E-state index contributed by atoms with van der Waals surface area (Å²) in [5, 5.41) is 6.90. The lowest BCUT2D eigenvalue weighted by atomic mass is 10.2. The first kappa shape index (κ1) is 21.1. The summed E-state index contributed by atoms with van der Waals surface area (Å²) in [6.45, 7) is 4.90. The smallest absolute Gasteiger partial charge is 0.325 e. The number of anilines is 1. The minimum Gasteiger partial charge on any atom is -0.486 e. The third kappa shape index (κ3) is 4.97. The van der Waals surface area contributed by atoms with Gasteiger partial charge in [-0.25, -0.2) is 4.79 Å². The number of nitrogens with one attached hydrogen (secondary N) is 2. The van der Waals surface area contributed by atoms with Crippen molar-refractivity contribution >= 4 is 34.9 Å². The molecular formula is C21H24N4O5S. The second kappa shape index (κ2) is 9.36. The van der Waals surface area contributed by atoms with Crippen LogP contribution in [0.25, 0.3) is 0 Å². The van der Waals surface area contributed by atoms with E-state index in [9.17, 15) is 14.4 Å². The predicted octanol–water partition coefficient (Wildman–Crippen LogP) is 2.01. The zero-order chi connectivity index (χ0) is 21.8. The molecule has 164 valence electrons. The maximum Gasteiger partial charge on any atom is 0.325 e. The summed E-state index contributed by atoms with van der Waals surface area (Å²) < 4.78 is 10.9. The van der Waals surface area contributed by atoms with Gasteiger partial charge in [0.05, 0.1) is 10.9 Å². The number of ether oxygens (including phenoxy) is 2. The van der Waals surface area contributed by atoms with Crippen molar-refractivity contribution in [2.75, 3.05) is 44.7 Å². The van der Waals surface area contributed by atoms with Crippen molar-refractivity contribution in [2.45, 2.75) is 13.0 Å². The zero-order valence-electron chi connectivity index (χ0n) is 17.1. The van der Waals surface area contributed by atoms with Gasteiger partial charge >= 0.3 is 6.03 Å². The van der Waals surface area contributed by atoms with E-state index in [1.165, 1.54) is 11.3 Å². The summed E-state index contributed by atoms with van der Waals surface area (Å²) in [5.74, 6) is 0.802. The highest BCUT2D eigenvalue weighted by Gasteiger charge is 2.29. The fourth-order valence-corrected chi connectivity index (χ4v) is 4.22. The molecule has 2 aliphatic rings. The largest absolute Gasteiger partial charge is 0.486 e. The number of hydrogen-bond acceptors (Lipinski definition) is 7. The lowest BCUT2D eigenvalue weighted by Crippen LogP contribution is -2.55. The van der Waals surface area contributed by atoms with E-state index in [1.807, 2.05) is 22.4 Å². The molecule has 9 nitrogen and oxygen atoms in total. The maximum atomic E-state index is 12.5. The third-order valence-electron chi connectivity index (χ3n) is 5.30. The molecule has 0 bridgehead atoms. The van der Waals surface area contributed by atoms with Gasteiger partial charge in [-0.2, -0.15) is 0 Å². The second-order valence-corrected chi connectivity index (χ2v) is 8.23. The zero-order valence-corrected chi connectivity index (χ0v) is 17.9. The summed E-state index contributed by atoms with van der Waals surface area (Å²) in [6, 6.07) is 7.62. The number of carbonyl (C=O) groups is 3. The van der Waals surface area contributed by atoms with Gasteiger partial charge in [-0.05, 0) is 30.5 Å². The molecule has 1 aromatic carbocycles. The molecule has 31 heavy (non-hydrogen) atoms. The predicted molar refractivity (Wildman–Crippen MR) is 116 cm³/mol. The molecule has 0 spiro atoms. The molecule has 10 heteroatoms. The van der Waals surface area contributed by atoms with Crippen LogP contribution in [0.5, 0.6) is 11.5 Å². The van der Waals surface area contributed by atoms with Crippen molar-refractivity contribution in [1.82, 2.24) is 15.1 Å². The van der Waals surface area contributed by atoms with Gasteiger partial charge in [0, 0.05) is 37.9 Å². The molecule has 1 aromatic heterocycles. The van der Waals surface area contributed by atoms with Crippen LogP contribution >= 0.6 is 11.3 Å². The Balaban J connectivity index is 1.26. The van der Waals surface area contributed by atoms with Gasteiger partial charge in [0.2, 0.25) is 5.91 Å². The van der Waals surface area contributed by atoms with Crippen molar-refractivity contribution in [3.8, 4) is 11.5 Å². The molecule has 1 saturated heterocycles. The number of urea groups is 1. The van der Waals surface area contributed by atoms with Crippen LogP contribution < -0.4 is 20.1 Å². The van der Waals surface area contributed by atoms with Gasteiger partial charge < -0.3 is 19.7 Å². The van der Waals surface area contributed by atoms with Crippen molar-refractivity contribution in [1.29, 1.82) is 0 Å². The Morgan fingerprint density at radius 3 is 2.48 bits per heavy atom. The molecule has 0 saturated carbocycles. The average molecular weight is 445 g/mol. The summed E-state index contributed by atoms with van der Waals surface area (Å²) >= 11 is 1.42. The lowest BCUT2D eigenvalue weighted by Gasteiger charge is -2.37. The van der Waals surface area contributed by atoms with Crippen molar-refractivity contribution < 1.29 is 23.9 Å². The number of fused-ring (bicyclic) bond motifs is 1. The number of imide groups is 1. The van der Waals surface area contributed by atoms with Crippen LogP contribution in [0.15, 0.2) is 35.7 Å². The van der Waals surface area contributed by atoms with Crippen LogP contribution in [0.2, 0.25) is 0 Å². The number of benzene rings is 1. The number of amides is 4. The third-order valence-corrected chi connectivity index (χ3v) is 6.16. The highest BCUT2D eigenvalue weighted by Crippen LogP contribution is 2.32. The Morgan fingerprint density at radius 2 is 1.77 bits per heavy atom. The van der Waals surface area contributed by atoms with Crippen molar-refractivity contribution in [2.24, 2.45) is 0 Å².